The lowest BCUT2D eigenvalue weighted by molar-refractivity contribution is -0.141. The summed E-state index contributed by atoms with van der Waals surface area (Å²) in [6.45, 7) is -0.188. The van der Waals surface area contributed by atoms with Crippen LogP contribution in [0.3, 0.4) is 0 Å². The first-order valence-electron chi connectivity index (χ1n) is 5.57. The Labute approximate surface area is 107 Å². The molecule has 5 nitrogen and oxygen atoms in total. The van der Waals surface area contributed by atoms with Crippen molar-refractivity contribution in [2.45, 2.75) is 18.6 Å². The van der Waals surface area contributed by atoms with Gasteiger partial charge in [0.05, 0.1) is 11.7 Å². The second kappa shape index (κ2) is 4.93. The minimum Gasteiger partial charge on any atom is -0.480 e. The monoisotopic (exact) mass is 271 g/mol. The Morgan fingerprint density at radius 2 is 2.00 bits per heavy atom. The first kappa shape index (κ1) is 13.4. The molecule has 0 aromatic heterocycles. The number of carboxylic acids is 1. The van der Waals surface area contributed by atoms with Gasteiger partial charge in [-0.1, -0.05) is 0 Å². The number of β-amino-alcohol motifs (C(OH)–C–C–N with tert-alkyl or cyclic N) is 1. The third-order valence-corrected chi connectivity index (χ3v) is 2.99. The number of aliphatic hydroxyl groups excluding tert-OH is 1. The summed E-state index contributed by atoms with van der Waals surface area (Å²) < 4.78 is 26.2. The number of aliphatic hydroxyl groups is 1. The number of carboxylic acid groups (broad SMARTS) is 1. The Kier molecular flexibility index (Phi) is 3.48. The van der Waals surface area contributed by atoms with E-state index in [1.54, 1.807) is 0 Å². The molecule has 2 N–H and O–H groups in total. The molecule has 0 saturated carbocycles. The molecule has 0 aliphatic carbocycles. The van der Waals surface area contributed by atoms with Gasteiger partial charge in [0.2, 0.25) is 0 Å². The fourth-order valence-electron chi connectivity index (χ4n) is 2.09. The fourth-order valence-corrected chi connectivity index (χ4v) is 2.09. The van der Waals surface area contributed by atoms with Crippen molar-refractivity contribution < 1.29 is 28.6 Å². The van der Waals surface area contributed by atoms with Gasteiger partial charge in [-0.05, 0) is 12.1 Å². The van der Waals surface area contributed by atoms with Gasteiger partial charge < -0.3 is 15.1 Å². The molecule has 7 heteroatoms. The van der Waals surface area contributed by atoms with E-state index in [-0.39, 0.29) is 13.0 Å². The van der Waals surface area contributed by atoms with Crippen molar-refractivity contribution in [3.63, 3.8) is 0 Å². The molecule has 1 aromatic carbocycles. The van der Waals surface area contributed by atoms with E-state index >= 15 is 0 Å². The number of hydrogen-bond donors (Lipinski definition) is 2. The Balaban J connectivity index is 2.30. The second-order valence-electron chi connectivity index (χ2n) is 4.33. The van der Waals surface area contributed by atoms with Crippen LogP contribution < -0.4 is 0 Å². The maximum absolute atomic E-state index is 13.5. The molecule has 0 radical (unpaired) electrons. The van der Waals surface area contributed by atoms with E-state index in [9.17, 15) is 23.5 Å². The molecule has 19 heavy (non-hydrogen) atoms. The van der Waals surface area contributed by atoms with Crippen LogP contribution in [0.15, 0.2) is 18.2 Å². The van der Waals surface area contributed by atoms with Crippen LogP contribution in [0.2, 0.25) is 0 Å². The number of carbonyl (C=O) groups excluding carboxylic acids is 1. The van der Waals surface area contributed by atoms with Crippen molar-refractivity contribution in [1.29, 1.82) is 0 Å². The number of nitrogens with zero attached hydrogens (tertiary/aromatic N) is 1. The largest absolute Gasteiger partial charge is 0.480 e. The predicted octanol–water partition coefficient (Wildman–Crippen LogP) is 0.625. The highest BCUT2D eigenvalue weighted by atomic mass is 19.1. The van der Waals surface area contributed by atoms with Gasteiger partial charge in [0, 0.05) is 19.0 Å². The quantitative estimate of drug-likeness (QED) is 0.826. The first-order valence-corrected chi connectivity index (χ1v) is 5.57. The minimum atomic E-state index is -1.27. The van der Waals surface area contributed by atoms with Crippen LogP contribution in [0.5, 0.6) is 0 Å². The van der Waals surface area contributed by atoms with Crippen molar-refractivity contribution in [3.05, 3.63) is 35.4 Å². The number of halogens is 2. The van der Waals surface area contributed by atoms with E-state index in [4.69, 9.17) is 5.11 Å². The zero-order valence-corrected chi connectivity index (χ0v) is 9.72. The molecule has 1 fully saturated rings. The second-order valence-corrected chi connectivity index (χ2v) is 4.33. The molecule has 1 aliphatic rings. The van der Waals surface area contributed by atoms with Crippen molar-refractivity contribution >= 4 is 11.9 Å². The van der Waals surface area contributed by atoms with Gasteiger partial charge in [0.25, 0.3) is 5.91 Å². The van der Waals surface area contributed by atoms with E-state index in [0.29, 0.717) is 6.07 Å². The normalized spacial score (nSPS) is 22.6. The van der Waals surface area contributed by atoms with E-state index in [1.807, 2.05) is 0 Å². The summed E-state index contributed by atoms with van der Waals surface area (Å²) in [5, 5.41) is 18.4. The van der Waals surface area contributed by atoms with Gasteiger partial charge in [-0.3, -0.25) is 4.79 Å². The SMILES string of the molecule is O=C(O)C1CC(O)CN1C(=O)c1ccc(F)cc1F. The summed E-state index contributed by atoms with van der Waals surface area (Å²) in [5.41, 5.74) is -0.415. The van der Waals surface area contributed by atoms with Crippen LogP contribution in [-0.2, 0) is 4.79 Å². The van der Waals surface area contributed by atoms with Crippen LogP contribution in [0.4, 0.5) is 8.78 Å². The minimum absolute atomic E-state index is 0.107. The molecule has 1 aliphatic heterocycles. The number of carbonyl (C=O) groups is 2. The maximum Gasteiger partial charge on any atom is 0.326 e. The number of rotatable bonds is 2. The average Bonchev–Trinajstić information content (AvgIpc) is 2.70. The van der Waals surface area contributed by atoms with Crippen molar-refractivity contribution in [2.24, 2.45) is 0 Å². The van der Waals surface area contributed by atoms with E-state index in [1.165, 1.54) is 0 Å². The summed E-state index contributed by atoms with van der Waals surface area (Å²) in [6.07, 6.45) is -1.07. The van der Waals surface area contributed by atoms with Crippen LogP contribution in [0, 0.1) is 11.6 Å². The molecule has 1 heterocycles. The number of amides is 1. The van der Waals surface area contributed by atoms with Crippen molar-refractivity contribution in [2.75, 3.05) is 6.54 Å². The van der Waals surface area contributed by atoms with Crippen LogP contribution >= 0.6 is 0 Å². The molecule has 2 rings (SSSR count). The van der Waals surface area contributed by atoms with Crippen LogP contribution in [0.25, 0.3) is 0 Å². The van der Waals surface area contributed by atoms with Crippen molar-refractivity contribution in [1.82, 2.24) is 4.90 Å². The predicted molar refractivity (Wildman–Crippen MR) is 59.4 cm³/mol. The number of benzene rings is 1. The molecule has 2 unspecified atom stereocenters. The average molecular weight is 271 g/mol. The Hall–Kier alpha value is -2.02. The molecule has 0 bridgehead atoms. The number of hydrogen-bond acceptors (Lipinski definition) is 3. The van der Waals surface area contributed by atoms with Gasteiger partial charge in [0.1, 0.15) is 17.7 Å². The van der Waals surface area contributed by atoms with Gasteiger partial charge in [0.15, 0.2) is 0 Å². The van der Waals surface area contributed by atoms with Crippen molar-refractivity contribution in [3.8, 4) is 0 Å². The molecule has 1 amide bonds. The molecule has 2 atom stereocenters. The summed E-state index contributed by atoms with van der Waals surface area (Å²) in [6, 6.07) is 1.22. The van der Waals surface area contributed by atoms with Crippen LogP contribution in [0.1, 0.15) is 16.8 Å². The highest BCUT2D eigenvalue weighted by molar-refractivity contribution is 5.97. The topological polar surface area (TPSA) is 77.8 Å². The van der Waals surface area contributed by atoms with E-state index in [0.717, 1.165) is 17.0 Å². The molecular formula is C12H11F2NO4. The van der Waals surface area contributed by atoms with Gasteiger partial charge in [-0.2, -0.15) is 0 Å². The first-order chi connectivity index (χ1) is 8.90. The smallest absolute Gasteiger partial charge is 0.326 e. The third-order valence-electron chi connectivity index (χ3n) is 2.99. The fraction of sp³-hybridized carbons (Fsp3) is 0.333. The molecular weight excluding hydrogens is 260 g/mol. The molecule has 102 valence electrons. The highest BCUT2D eigenvalue weighted by Crippen LogP contribution is 2.22. The molecule has 0 spiro atoms. The van der Waals surface area contributed by atoms with Gasteiger partial charge in [-0.15, -0.1) is 0 Å². The lowest BCUT2D eigenvalue weighted by atomic mass is 10.1. The Morgan fingerprint density at radius 3 is 2.58 bits per heavy atom. The van der Waals surface area contributed by atoms with Gasteiger partial charge >= 0.3 is 5.97 Å². The van der Waals surface area contributed by atoms with Crippen LogP contribution in [-0.4, -0.2) is 45.7 Å². The summed E-state index contributed by atoms with van der Waals surface area (Å²) in [4.78, 5) is 23.9. The lowest BCUT2D eigenvalue weighted by Gasteiger charge is -2.21. The van der Waals surface area contributed by atoms with E-state index < -0.39 is 41.2 Å². The lowest BCUT2D eigenvalue weighted by Crippen LogP contribution is -2.40. The summed E-state index contributed by atoms with van der Waals surface area (Å²) >= 11 is 0. The highest BCUT2D eigenvalue weighted by Gasteiger charge is 2.39. The number of aliphatic carboxylic acids is 1. The standard InChI is InChI=1S/C12H11F2NO4/c13-6-1-2-8(9(14)3-6)11(17)15-5-7(16)4-10(15)12(18)19/h1-3,7,10,16H,4-5H2,(H,18,19). The molecule has 1 aromatic rings. The Morgan fingerprint density at radius 1 is 1.32 bits per heavy atom. The zero-order valence-electron chi connectivity index (χ0n) is 9.72. The summed E-state index contributed by atoms with van der Waals surface area (Å²) in [7, 11) is 0. The van der Waals surface area contributed by atoms with E-state index in [2.05, 4.69) is 0 Å². The zero-order chi connectivity index (χ0) is 14.2. The summed E-state index contributed by atoms with van der Waals surface area (Å²) in [5.74, 6) is -4.03. The molecule has 1 saturated heterocycles. The third kappa shape index (κ3) is 2.55. The van der Waals surface area contributed by atoms with Gasteiger partial charge in [-0.25, -0.2) is 13.6 Å². The maximum atomic E-state index is 13.5. The number of likely N-dealkylation sites (tertiary alicyclic amines) is 1. The Bertz CT molecular complexity index is 534.